The van der Waals surface area contributed by atoms with Gasteiger partial charge in [-0.05, 0) is 42.7 Å². The molecule has 0 heterocycles. The molecule has 0 aromatic heterocycles. The van der Waals surface area contributed by atoms with Crippen molar-refractivity contribution in [2.45, 2.75) is 19.3 Å². The van der Waals surface area contributed by atoms with Gasteiger partial charge in [-0.1, -0.05) is 53.5 Å². The number of hydrogen-bond acceptors (Lipinski definition) is 1. The summed E-state index contributed by atoms with van der Waals surface area (Å²) in [7, 11) is 0. The van der Waals surface area contributed by atoms with E-state index in [4.69, 9.17) is 23.2 Å². The van der Waals surface area contributed by atoms with Crippen LogP contribution in [0.25, 0.3) is 11.1 Å². The van der Waals surface area contributed by atoms with Gasteiger partial charge < -0.3 is 5.11 Å². The Balaban J connectivity index is 2.64. The maximum absolute atomic E-state index is 11.5. The minimum Gasteiger partial charge on any atom is -0.481 e. The van der Waals surface area contributed by atoms with Crippen molar-refractivity contribution in [1.82, 2.24) is 0 Å². The Morgan fingerprint density at radius 3 is 2.30 bits per heavy atom. The molecule has 0 saturated heterocycles. The van der Waals surface area contributed by atoms with Crippen molar-refractivity contribution in [3.05, 3.63) is 58.1 Å². The Morgan fingerprint density at radius 1 is 1.05 bits per heavy atom. The fourth-order valence-corrected chi connectivity index (χ4v) is 2.36. The van der Waals surface area contributed by atoms with E-state index in [1.54, 1.807) is 26.0 Å². The molecule has 0 spiro atoms. The number of hydrogen-bond donors (Lipinski definition) is 1. The Kier molecular flexibility index (Phi) is 4.07. The summed E-state index contributed by atoms with van der Waals surface area (Å²) < 4.78 is 0. The lowest BCUT2D eigenvalue weighted by atomic mass is 9.80. The van der Waals surface area contributed by atoms with Crippen LogP contribution in [0.5, 0.6) is 0 Å². The normalized spacial score (nSPS) is 11.4. The highest BCUT2D eigenvalue weighted by molar-refractivity contribution is 6.42. The summed E-state index contributed by atoms with van der Waals surface area (Å²) in [4.78, 5) is 11.5. The van der Waals surface area contributed by atoms with Gasteiger partial charge in [0.05, 0.1) is 15.5 Å². The third kappa shape index (κ3) is 2.67. The Hall–Kier alpha value is -1.51. The average molecular weight is 309 g/mol. The molecule has 104 valence electrons. The lowest BCUT2D eigenvalue weighted by molar-refractivity contribution is -0.142. The summed E-state index contributed by atoms with van der Waals surface area (Å²) in [5, 5.41) is 10.3. The second kappa shape index (κ2) is 5.47. The number of carboxylic acid groups (broad SMARTS) is 1. The largest absolute Gasteiger partial charge is 0.481 e. The molecular formula is C16H14Cl2O2. The van der Waals surface area contributed by atoms with Crippen LogP contribution in [0.3, 0.4) is 0 Å². The molecule has 0 atom stereocenters. The molecular weight excluding hydrogens is 295 g/mol. The molecule has 2 rings (SSSR count). The second-order valence-corrected chi connectivity index (χ2v) is 5.92. The third-order valence-corrected chi connectivity index (χ3v) is 4.10. The molecule has 0 unspecified atom stereocenters. The fraction of sp³-hybridized carbons (Fsp3) is 0.188. The van der Waals surface area contributed by atoms with Gasteiger partial charge in [0, 0.05) is 0 Å². The van der Waals surface area contributed by atoms with Crippen LogP contribution in [0.15, 0.2) is 42.5 Å². The van der Waals surface area contributed by atoms with Crippen LogP contribution in [0.4, 0.5) is 0 Å². The van der Waals surface area contributed by atoms with E-state index in [-0.39, 0.29) is 0 Å². The molecule has 20 heavy (non-hydrogen) atoms. The molecule has 2 aromatic rings. The summed E-state index contributed by atoms with van der Waals surface area (Å²) in [6.45, 7) is 3.37. The van der Waals surface area contributed by atoms with Gasteiger partial charge in [-0.15, -0.1) is 0 Å². The highest BCUT2D eigenvalue weighted by Gasteiger charge is 2.31. The van der Waals surface area contributed by atoms with E-state index in [2.05, 4.69) is 0 Å². The van der Waals surface area contributed by atoms with E-state index < -0.39 is 11.4 Å². The zero-order chi connectivity index (χ0) is 14.9. The van der Waals surface area contributed by atoms with E-state index in [1.807, 2.05) is 30.3 Å². The van der Waals surface area contributed by atoms with Gasteiger partial charge in [-0.3, -0.25) is 4.79 Å². The zero-order valence-electron chi connectivity index (χ0n) is 11.2. The van der Waals surface area contributed by atoms with Crippen molar-refractivity contribution in [2.24, 2.45) is 0 Å². The van der Waals surface area contributed by atoms with Crippen molar-refractivity contribution >= 4 is 29.2 Å². The molecule has 2 aromatic carbocycles. The standard InChI is InChI=1S/C16H14Cl2O2/c1-16(2,15(19)20)12-6-4-3-5-11(12)10-7-8-13(17)14(18)9-10/h3-9H,1-2H3,(H,19,20). The Labute approximate surface area is 128 Å². The van der Waals surface area contributed by atoms with Gasteiger partial charge in [-0.2, -0.15) is 0 Å². The van der Waals surface area contributed by atoms with Gasteiger partial charge in [0.15, 0.2) is 0 Å². The number of benzene rings is 2. The van der Waals surface area contributed by atoms with Gasteiger partial charge in [-0.25, -0.2) is 0 Å². The number of halogens is 2. The van der Waals surface area contributed by atoms with E-state index in [9.17, 15) is 9.90 Å². The molecule has 0 aliphatic rings. The summed E-state index contributed by atoms with van der Waals surface area (Å²) >= 11 is 12.0. The van der Waals surface area contributed by atoms with Crippen LogP contribution in [0.1, 0.15) is 19.4 Å². The van der Waals surface area contributed by atoms with Crippen LogP contribution in [-0.2, 0) is 10.2 Å². The van der Waals surface area contributed by atoms with E-state index in [0.717, 1.165) is 16.7 Å². The van der Waals surface area contributed by atoms with Gasteiger partial charge >= 0.3 is 5.97 Å². The third-order valence-electron chi connectivity index (χ3n) is 3.37. The molecule has 0 saturated carbocycles. The Bertz CT molecular complexity index is 663. The van der Waals surface area contributed by atoms with Crippen LogP contribution < -0.4 is 0 Å². The fourth-order valence-electron chi connectivity index (χ4n) is 2.06. The molecule has 2 nitrogen and oxygen atoms in total. The first kappa shape index (κ1) is 14.9. The SMILES string of the molecule is CC(C)(C(=O)O)c1ccccc1-c1ccc(Cl)c(Cl)c1. The monoisotopic (exact) mass is 308 g/mol. The second-order valence-electron chi connectivity index (χ2n) is 5.10. The lowest BCUT2D eigenvalue weighted by Crippen LogP contribution is -2.29. The zero-order valence-corrected chi connectivity index (χ0v) is 12.7. The minimum absolute atomic E-state index is 0.451. The molecule has 0 aliphatic carbocycles. The first-order valence-corrected chi connectivity index (χ1v) is 6.88. The van der Waals surface area contributed by atoms with Gasteiger partial charge in [0.2, 0.25) is 0 Å². The van der Waals surface area contributed by atoms with Crippen molar-refractivity contribution in [2.75, 3.05) is 0 Å². The molecule has 0 bridgehead atoms. The van der Waals surface area contributed by atoms with E-state index in [0.29, 0.717) is 10.0 Å². The summed E-state index contributed by atoms with van der Waals surface area (Å²) in [5.41, 5.74) is 1.46. The van der Waals surface area contributed by atoms with Crippen molar-refractivity contribution in [3.63, 3.8) is 0 Å². The molecule has 1 N–H and O–H groups in total. The predicted octanol–water partition coefficient (Wildman–Crippen LogP) is 5.02. The Morgan fingerprint density at radius 2 is 1.70 bits per heavy atom. The summed E-state index contributed by atoms with van der Waals surface area (Å²) in [6.07, 6.45) is 0. The van der Waals surface area contributed by atoms with Gasteiger partial charge in [0.1, 0.15) is 0 Å². The number of carbonyl (C=O) groups is 1. The average Bonchev–Trinajstić information content (AvgIpc) is 2.41. The number of carboxylic acids is 1. The van der Waals surface area contributed by atoms with Gasteiger partial charge in [0.25, 0.3) is 0 Å². The number of aliphatic carboxylic acids is 1. The topological polar surface area (TPSA) is 37.3 Å². The molecule has 0 amide bonds. The van der Waals surface area contributed by atoms with Crippen LogP contribution >= 0.6 is 23.2 Å². The molecule has 0 aliphatic heterocycles. The molecule has 0 fully saturated rings. The molecule has 0 radical (unpaired) electrons. The highest BCUT2D eigenvalue weighted by Crippen LogP contribution is 2.35. The maximum atomic E-state index is 11.5. The summed E-state index contributed by atoms with van der Waals surface area (Å²) in [6, 6.07) is 12.7. The van der Waals surface area contributed by atoms with Crippen molar-refractivity contribution in [1.29, 1.82) is 0 Å². The summed E-state index contributed by atoms with van der Waals surface area (Å²) in [5.74, 6) is -0.870. The first-order valence-electron chi connectivity index (χ1n) is 6.12. The first-order chi connectivity index (χ1) is 9.34. The quantitative estimate of drug-likeness (QED) is 0.864. The minimum atomic E-state index is -0.983. The highest BCUT2D eigenvalue weighted by atomic mass is 35.5. The smallest absolute Gasteiger partial charge is 0.313 e. The maximum Gasteiger partial charge on any atom is 0.313 e. The molecule has 4 heteroatoms. The van der Waals surface area contributed by atoms with Crippen molar-refractivity contribution in [3.8, 4) is 11.1 Å². The lowest BCUT2D eigenvalue weighted by Gasteiger charge is -2.23. The number of rotatable bonds is 3. The van der Waals surface area contributed by atoms with E-state index in [1.165, 1.54) is 0 Å². The van der Waals surface area contributed by atoms with E-state index >= 15 is 0 Å². The van der Waals surface area contributed by atoms with Crippen LogP contribution in [0, 0.1) is 0 Å². The predicted molar refractivity (Wildman–Crippen MR) is 82.6 cm³/mol. The van der Waals surface area contributed by atoms with Crippen LogP contribution in [-0.4, -0.2) is 11.1 Å². The van der Waals surface area contributed by atoms with Crippen molar-refractivity contribution < 1.29 is 9.90 Å². The van der Waals surface area contributed by atoms with Crippen LogP contribution in [0.2, 0.25) is 10.0 Å².